The molecule has 1 amide bonds. The maximum atomic E-state index is 12.8. The number of hydrogen-bond donors (Lipinski definition) is 1. The molecule has 0 atom stereocenters. The number of benzene rings is 1. The van der Waals surface area contributed by atoms with E-state index in [0.29, 0.717) is 27.1 Å². The number of rotatable bonds is 3. The molecule has 4 rings (SSSR count). The van der Waals surface area contributed by atoms with E-state index in [9.17, 15) is 4.79 Å². The SMILES string of the molecule is Cc1nc2c(Cl)cc(Cl)cn2c1C(=O)Nc1ccc(N2CCCC2)cc1. The fourth-order valence-electron chi connectivity index (χ4n) is 3.38. The number of fused-ring (bicyclic) bond motifs is 1. The van der Waals surface area contributed by atoms with Crippen LogP contribution in [0.2, 0.25) is 10.0 Å². The Morgan fingerprint density at radius 2 is 1.85 bits per heavy atom. The standard InChI is InChI=1S/C19H18Cl2N4O/c1-12-17(25-11-13(20)10-16(21)18(25)22-12)19(26)23-14-4-6-15(7-5-14)24-8-2-3-9-24/h4-7,10-11H,2-3,8-9H2,1H3,(H,23,26). The summed E-state index contributed by atoms with van der Waals surface area (Å²) in [5, 5.41) is 3.79. The van der Waals surface area contributed by atoms with Crippen LogP contribution >= 0.6 is 23.2 Å². The number of carbonyl (C=O) groups is 1. The van der Waals surface area contributed by atoms with Crippen molar-refractivity contribution in [2.24, 2.45) is 0 Å². The van der Waals surface area contributed by atoms with Crippen molar-refractivity contribution < 1.29 is 4.79 Å². The molecule has 5 nitrogen and oxygen atoms in total. The Morgan fingerprint density at radius 1 is 1.15 bits per heavy atom. The number of nitrogens with zero attached hydrogens (tertiary/aromatic N) is 3. The highest BCUT2D eigenvalue weighted by molar-refractivity contribution is 6.36. The summed E-state index contributed by atoms with van der Waals surface area (Å²) in [4.78, 5) is 19.5. The topological polar surface area (TPSA) is 49.6 Å². The summed E-state index contributed by atoms with van der Waals surface area (Å²) in [6.45, 7) is 3.96. The Kier molecular flexibility index (Phi) is 4.51. The summed E-state index contributed by atoms with van der Waals surface area (Å²) in [6.07, 6.45) is 4.11. The van der Waals surface area contributed by atoms with Crippen LogP contribution in [0, 0.1) is 6.92 Å². The third-order valence-electron chi connectivity index (χ3n) is 4.63. The van der Waals surface area contributed by atoms with Crippen molar-refractivity contribution in [2.45, 2.75) is 19.8 Å². The van der Waals surface area contributed by atoms with Crippen LogP contribution in [0.4, 0.5) is 11.4 Å². The van der Waals surface area contributed by atoms with Gasteiger partial charge < -0.3 is 10.2 Å². The molecule has 0 spiro atoms. The number of amides is 1. The van der Waals surface area contributed by atoms with E-state index in [-0.39, 0.29) is 5.91 Å². The second-order valence-corrected chi connectivity index (χ2v) is 7.28. The number of carbonyl (C=O) groups excluding carboxylic acids is 1. The Morgan fingerprint density at radius 3 is 2.54 bits per heavy atom. The van der Waals surface area contributed by atoms with Crippen LogP contribution in [-0.4, -0.2) is 28.4 Å². The molecule has 1 aliphatic rings. The maximum absolute atomic E-state index is 12.8. The second kappa shape index (κ2) is 6.82. The number of aromatic nitrogens is 2. The highest BCUT2D eigenvalue weighted by atomic mass is 35.5. The third kappa shape index (κ3) is 3.13. The Hall–Kier alpha value is -2.24. The quantitative estimate of drug-likeness (QED) is 0.700. The number of nitrogens with one attached hydrogen (secondary N) is 1. The summed E-state index contributed by atoms with van der Waals surface area (Å²) in [7, 11) is 0. The van der Waals surface area contributed by atoms with Gasteiger partial charge in [0.15, 0.2) is 5.65 Å². The van der Waals surface area contributed by atoms with Gasteiger partial charge in [0.05, 0.1) is 15.7 Å². The lowest BCUT2D eigenvalue weighted by molar-refractivity contribution is 0.102. The van der Waals surface area contributed by atoms with Gasteiger partial charge in [-0.25, -0.2) is 4.98 Å². The van der Waals surface area contributed by atoms with Gasteiger partial charge in [-0.05, 0) is 50.1 Å². The maximum Gasteiger partial charge on any atom is 0.274 e. The predicted octanol–water partition coefficient (Wildman–Crippen LogP) is 4.80. The molecule has 7 heteroatoms. The summed E-state index contributed by atoms with van der Waals surface area (Å²) in [5.74, 6) is -0.248. The zero-order valence-electron chi connectivity index (χ0n) is 14.3. The number of aryl methyl sites for hydroxylation is 1. The molecule has 1 aromatic carbocycles. The van der Waals surface area contributed by atoms with E-state index in [1.54, 1.807) is 23.6 Å². The van der Waals surface area contributed by atoms with Gasteiger partial charge in [0.1, 0.15) is 5.69 Å². The minimum atomic E-state index is -0.248. The van der Waals surface area contributed by atoms with Crippen LogP contribution in [0.25, 0.3) is 5.65 Å². The van der Waals surface area contributed by atoms with Crippen LogP contribution in [0.3, 0.4) is 0 Å². The molecule has 1 aliphatic heterocycles. The zero-order valence-corrected chi connectivity index (χ0v) is 15.8. The van der Waals surface area contributed by atoms with E-state index in [1.807, 2.05) is 24.3 Å². The normalized spacial score (nSPS) is 14.2. The first-order chi connectivity index (χ1) is 12.5. The molecule has 3 heterocycles. The van der Waals surface area contributed by atoms with Gasteiger partial charge in [-0.2, -0.15) is 0 Å². The molecular formula is C19H18Cl2N4O. The smallest absolute Gasteiger partial charge is 0.274 e. The number of hydrogen-bond acceptors (Lipinski definition) is 3. The van der Waals surface area contributed by atoms with Crippen LogP contribution in [0.1, 0.15) is 29.0 Å². The predicted molar refractivity (Wildman–Crippen MR) is 106 cm³/mol. The average Bonchev–Trinajstić information content (AvgIpc) is 3.23. The van der Waals surface area contributed by atoms with Crippen molar-refractivity contribution in [2.75, 3.05) is 23.3 Å². The van der Waals surface area contributed by atoms with Crippen molar-refractivity contribution >= 4 is 46.1 Å². The molecule has 1 saturated heterocycles. The van der Waals surface area contributed by atoms with Crippen LogP contribution in [-0.2, 0) is 0 Å². The number of halogens is 2. The van der Waals surface area contributed by atoms with E-state index in [1.165, 1.54) is 18.5 Å². The summed E-state index contributed by atoms with van der Waals surface area (Å²) < 4.78 is 1.63. The van der Waals surface area contributed by atoms with Crippen LogP contribution in [0.15, 0.2) is 36.5 Å². The molecule has 1 fully saturated rings. The Labute approximate surface area is 161 Å². The largest absolute Gasteiger partial charge is 0.372 e. The van der Waals surface area contributed by atoms with Gasteiger partial charge in [0, 0.05) is 30.7 Å². The molecule has 0 radical (unpaired) electrons. The molecule has 3 aromatic rings. The molecular weight excluding hydrogens is 371 g/mol. The molecule has 2 aromatic heterocycles. The molecule has 26 heavy (non-hydrogen) atoms. The first kappa shape index (κ1) is 17.2. The number of imidazole rings is 1. The van der Waals surface area contributed by atoms with Crippen LogP contribution in [0.5, 0.6) is 0 Å². The van der Waals surface area contributed by atoms with Crippen molar-refractivity contribution in [3.63, 3.8) is 0 Å². The van der Waals surface area contributed by atoms with Crippen molar-refractivity contribution in [3.8, 4) is 0 Å². The van der Waals surface area contributed by atoms with E-state index in [2.05, 4.69) is 15.2 Å². The van der Waals surface area contributed by atoms with Crippen LogP contribution < -0.4 is 10.2 Å². The van der Waals surface area contributed by atoms with E-state index < -0.39 is 0 Å². The fraction of sp³-hybridized carbons (Fsp3) is 0.263. The number of pyridine rings is 1. The van der Waals surface area contributed by atoms with E-state index in [4.69, 9.17) is 23.2 Å². The second-order valence-electron chi connectivity index (χ2n) is 6.44. The van der Waals surface area contributed by atoms with E-state index >= 15 is 0 Å². The van der Waals surface area contributed by atoms with Crippen molar-refractivity contribution in [3.05, 3.63) is 58.0 Å². The highest BCUT2D eigenvalue weighted by Gasteiger charge is 2.19. The Bertz CT molecular complexity index is 975. The monoisotopic (exact) mass is 388 g/mol. The lowest BCUT2D eigenvalue weighted by Crippen LogP contribution is -2.18. The summed E-state index contributed by atoms with van der Waals surface area (Å²) in [5.41, 5.74) is 3.46. The van der Waals surface area contributed by atoms with Gasteiger partial charge in [-0.3, -0.25) is 9.20 Å². The lowest BCUT2D eigenvalue weighted by atomic mass is 10.2. The molecule has 0 aliphatic carbocycles. The minimum absolute atomic E-state index is 0.248. The minimum Gasteiger partial charge on any atom is -0.372 e. The molecule has 0 bridgehead atoms. The Balaban J connectivity index is 1.60. The molecule has 134 valence electrons. The van der Waals surface area contributed by atoms with Gasteiger partial charge in [-0.15, -0.1) is 0 Å². The summed E-state index contributed by atoms with van der Waals surface area (Å²) >= 11 is 12.3. The zero-order chi connectivity index (χ0) is 18.3. The first-order valence-corrected chi connectivity index (χ1v) is 9.28. The molecule has 1 N–H and O–H groups in total. The third-order valence-corrected chi connectivity index (χ3v) is 5.11. The van der Waals surface area contributed by atoms with Crippen molar-refractivity contribution in [1.29, 1.82) is 0 Å². The van der Waals surface area contributed by atoms with E-state index in [0.717, 1.165) is 18.8 Å². The first-order valence-electron chi connectivity index (χ1n) is 8.53. The number of anilines is 2. The highest BCUT2D eigenvalue weighted by Crippen LogP contribution is 2.26. The summed E-state index contributed by atoms with van der Waals surface area (Å²) in [6, 6.07) is 9.53. The van der Waals surface area contributed by atoms with Crippen molar-refractivity contribution in [1.82, 2.24) is 9.38 Å². The molecule has 0 saturated carbocycles. The van der Waals surface area contributed by atoms with Gasteiger partial charge >= 0.3 is 0 Å². The van der Waals surface area contributed by atoms with Gasteiger partial charge in [0.2, 0.25) is 0 Å². The van der Waals surface area contributed by atoms with Gasteiger partial charge in [-0.1, -0.05) is 23.2 Å². The van der Waals surface area contributed by atoms with Gasteiger partial charge in [0.25, 0.3) is 5.91 Å². The average molecular weight is 389 g/mol. The fourth-order valence-corrected chi connectivity index (χ4v) is 3.89. The lowest BCUT2D eigenvalue weighted by Gasteiger charge is -2.17. The molecule has 0 unspecified atom stereocenters.